The van der Waals surface area contributed by atoms with E-state index in [1.165, 1.54) is 17.8 Å². The van der Waals surface area contributed by atoms with Crippen molar-refractivity contribution in [1.29, 1.82) is 5.26 Å². The van der Waals surface area contributed by atoms with E-state index in [4.69, 9.17) is 0 Å². The number of nitrogens with zero attached hydrogens (tertiary/aromatic N) is 3. The van der Waals surface area contributed by atoms with Crippen molar-refractivity contribution in [2.45, 2.75) is 16.7 Å². The molecule has 7 heteroatoms. The maximum atomic E-state index is 11.6. The third-order valence-electron chi connectivity index (χ3n) is 4.50. The van der Waals surface area contributed by atoms with Gasteiger partial charge in [0.25, 0.3) is 5.69 Å². The first-order chi connectivity index (χ1) is 14.5. The third-order valence-corrected chi connectivity index (χ3v) is 5.58. The van der Waals surface area contributed by atoms with Crippen molar-refractivity contribution in [2.75, 3.05) is 0 Å². The maximum Gasteiger partial charge on any atom is 0.283 e. The van der Waals surface area contributed by atoms with Gasteiger partial charge in [-0.2, -0.15) is 5.26 Å². The van der Waals surface area contributed by atoms with Gasteiger partial charge in [0.05, 0.1) is 26.4 Å². The number of hydrogen-bond acceptors (Lipinski definition) is 5. The van der Waals surface area contributed by atoms with Gasteiger partial charge < -0.3 is 4.98 Å². The van der Waals surface area contributed by atoms with Gasteiger partial charge in [0.2, 0.25) is 0 Å². The van der Waals surface area contributed by atoms with Crippen molar-refractivity contribution in [3.63, 3.8) is 0 Å². The summed E-state index contributed by atoms with van der Waals surface area (Å²) in [6, 6.07) is 22.4. The van der Waals surface area contributed by atoms with Gasteiger partial charge in [-0.05, 0) is 48.9 Å². The predicted octanol–water partition coefficient (Wildman–Crippen LogP) is 5.99. The van der Waals surface area contributed by atoms with E-state index in [1.807, 2.05) is 55.5 Å². The summed E-state index contributed by atoms with van der Waals surface area (Å²) >= 11 is 1.34. The molecule has 0 aliphatic carbocycles. The van der Waals surface area contributed by atoms with Gasteiger partial charge in [0.1, 0.15) is 11.9 Å². The summed E-state index contributed by atoms with van der Waals surface area (Å²) < 4.78 is 0. The number of aromatic nitrogens is 2. The Hall–Kier alpha value is -3.89. The van der Waals surface area contributed by atoms with E-state index in [0.29, 0.717) is 21.9 Å². The van der Waals surface area contributed by atoms with E-state index < -0.39 is 4.92 Å². The smallest absolute Gasteiger partial charge is 0.283 e. The number of para-hydroxylation sites is 2. The number of nitrogens with one attached hydrogen (secondary N) is 1. The number of benzene rings is 3. The first-order valence-corrected chi connectivity index (χ1v) is 9.95. The van der Waals surface area contributed by atoms with Crippen LogP contribution in [0.4, 0.5) is 5.69 Å². The van der Waals surface area contributed by atoms with Gasteiger partial charge in [0, 0.05) is 11.0 Å². The zero-order valence-electron chi connectivity index (χ0n) is 16.0. The zero-order valence-corrected chi connectivity index (χ0v) is 16.8. The number of nitro benzene ring substituents is 1. The van der Waals surface area contributed by atoms with Crippen molar-refractivity contribution >= 4 is 40.1 Å². The minimum atomic E-state index is -0.402. The highest BCUT2D eigenvalue weighted by Gasteiger charge is 2.16. The Bertz CT molecular complexity index is 1280. The van der Waals surface area contributed by atoms with Crippen LogP contribution < -0.4 is 0 Å². The van der Waals surface area contributed by atoms with Crippen LogP contribution in [0, 0.1) is 28.4 Å². The van der Waals surface area contributed by atoms with Crippen LogP contribution in [-0.2, 0) is 0 Å². The molecule has 0 aliphatic heterocycles. The summed E-state index contributed by atoms with van der Waals surface area (Å²) in [6.07, 6.45) is 1.60. The second-order valence-corrected chi connectivity index (χ2v) is 7.79. The first-order valence-electron chi connectivity index (χ1n) is 9.13. The number of nitro groups is 1. The molecule has 0 spiro atoms. The lowest BCUT2D eigenvalue weighted by Crippen LogP contribution is -1.92. The predicted molar refractivity (Wildman–Crippen MR) is 118 cm³/mol. The average Bonchev–Trinajstić information content (AvgIpc) is 3.18. The molecule has 0 radical (unpaired) electrons. The fourth-order valence-electron chi connectivity index (χ4n) is 2.99. The van der Waals surface area contributed by atoms with E-state index >= 15 is 0 Å². The molecule has 0 saturated carbocycles. The third kappa shape index (κ3) is 4.09. The first kappa shape index (κ1) is 19.4. The lowest BCUT2D eigenvalue weighted by molar-refractivity contribution is -0.387. The number of aryl methyl sites for hydroxylation is 1. The summed E-state index contributed by atoms with van der Waals surface area (Å²) in [7, 11) is 0. The monoisotopic (exact) mass is 412 g/mol. The van der Waals surface area contributed by atoms with E-state index in [1.54, 1.807) is 18.2 Å². The molecule has 0 saturated heterocycles. The largest absolute Gasteiger partial charge is 0.337 e. The Labute approximate surface area is 177 Å². The van der Waals surface area contributed by atoms with Crippen LogP contribution in [-0.4, -0.2) is 14.9 Å². The summed E-state index contributed by atoms with van der Waals surface area (Å²) in [4.78, 5) is 20.3. The number of rotatable bonds is 5. The number of H-pyrrole nitrogens is 1. The Morgan fingerprint density at radius 1 is 1.17 bits per heavy atom. The Morgan fingerprint density at radius 2 is 1.93 bits per heavy atom. The fourth-order valence-corrected chi connectivity index (χ4v) is 3.89. The van der Waals surface area contributed by atoms with E-state index in [0.717, 1.165) is 21.5 Å². The summed E-state index contributed by atoms with van der Waals surface area (Å²) in [5.41, 5.74) is 3.57. The van der Waals surface area contributed by atoms with E-state index in [-0.39, 0.29) is 5.69 Å². The lowest BCUT2D eigenvalue weighted by Gasteiger charge is -2.05. The van der Waals surface area contributed by atoms with Crippen molar-refractivity contribution in [3.8, 4) is 6.07 Å². The number of nitriles is 1. The number of imidazole rings is 1. The van der Waals surface area contributed by atoms with Gasteiger partial charge in [-0.1, -0.05) is 47.7 Å². The second-order valence-electron chi connectivity index (χ2n) is 6.67. The summed E-state index contributed by atoms with van der Waals surface area (Å²) in [5.74, 6) is 0.430. The van der Waals surface area contributed by atoms with Gasteiger partial charge >= 0.3 is 0 Å². The molecule has 3 aromatic carbocycles. The van der Waals surface area contributed by atoms with Crippen LogP contribution in [0.3, 0.4) is 0 Å². The minimum Gasteiger partial charge on any atom is -0.337 e. The Morgan fingerprint density at radius 3 is 2.63 bits per heavy atom. The number of aromatic amines is 1. The highest BCUT2D eigenvalue weighted by Crippen LogP contribution is 2.36. The van der Waals surface area contributed by atoms with E-state index in [2.05, 4.69) is 16.0 Å². The van der Waals surface area contributed by atoms with Gasteiger partial charge in [-0.25, -0.2) is 4.98 Å². The molecule has 4 rings (SSSR count). The number of fused-ring (bicyclic) bond motifs is 1. The molecule has 0 unspecified atom stereocenters. The fraction of sp³-hybridized carbons (Fsp3) is 0.0435. The SMILES string of the molecule is Cc1ccc(Sc2ccc(/C=C(/C#N)c3nc4ccccc4[nH]3)cc2[N+](=O)[O-])cc1. The highest BCUT2D eigenvalue weighted by molar-refractivity contribution is 7.99. The van der Waals surface area contributed by atoms with Crippen LogP contribution in [0.2, 0.25) is 0 Å². The summed E-state index contributed by atoms with van der Waals surface area (Å²) in [5, 5.41) is 21.2. The molecule has 6 nitrogen and oxygen atoms in total. The van der Waals surface area contributed by atoms with Gasteiger partial charge in [-0.15, -0.1) is 0 Å². The molecule has 0 fully saturated rings. The van der Waals surface area contributed by atoms with Crippen LogP contribution in [0.15, 0.2) is 76.5 Å². The van der Waals surface area contributed by atoms with Crippen molar-refractivity contribution in [1.82, 2.24) is 9.97 Å². The second kappa shape index (κ2) is 8.23. The maximum absolute atomic E-state index is 11.6. The molecular weight excluding hydrogens is 396 g/mol. The topological polar surface area (TPSA) is 95.6 Å². The number of allylic oxidation sites excluding steroid dienone is 1. The molecule has 1 heterocycles. The number of hydrogen-bond donors (Lipinski definition) is 1. The Balaban J connectivity index is 1.69. The van der Waals surface area contributed by atoms with Crippen LogP contribution in [0.25, 0.3) is 22.7 Å². The van der Waals surface area contributed by atoms with Crippen LogP contribution >= 0.6 is 11.8 Å². The Kier molecular flexibility index (Phi) is 5.33. The van der Waals surface area contributed by atoms with E-state index in [9.17, 15) is 15.4 Å². The zero-order chi connectivity index (χ0) is 21.1. The molecule has 0 amide bonds. The van der Waals surface area contributed by atoms with Crippen LogP contribution in [0.5, 0.6) is 0 Å². The van der Waals surface area contributed by atoms with Gasteiger partial charge in [-0.3, -0.25) is 10.1 Å². The van der Waals surface area contributed by atoms with Crippen molar-refractivity contribution in [2.24, 2.45) is 0 Å². The molecule has 0 bridgehead atoms. The molecule has 30 heavy (non-hydrogen) atoms. The molecule has 4 aromatic rings. The molecule has 146 valence electrons. The quantitative estimate of drug-likeness (QED) is 0.247. The lowest BCUT2D eigenvalue weighted by atomic mass is 10.1. The van der Waals surface area contributed by atoms with Crippen molar-refractivity contribution in [3.05, 3.63) is 93.8 Å². The summed E-state index contributed by atoms with van der Waals surface area (Å²) in [6.45, 7) is 1.99. The average molecular weight is 412 g/mol. The van der Waals surface area contributed by atoms with Gasteiger partial charge in [0.15, 0.2) is 0 Å². The normalized spacial score (nSPS) is 11.4. The molecular formula is C23H16N4O2S. The van der Waals surface area contributed by atoms with Crippen LogP contribution in [0.1, 0.15) is 17.0 Å². The molecule has 1 aromatic heterocycles. The van der Waals surface area contributed by atoms with Crippen molar-refractivity contribution < 1.29 is 4.92 Å². The molecule has 1 N–H and O–H groups in total. The molecule has 0 atom stereocenters. The highest BCUT2D eigenvalue weighted by atomic mass is 32.2. The minimum absolute atomic E-state index is 0.00350. The molecule has 0 aliphatic rings. The standard InChI is InChI=1S/C23H16N4O2S/c1-15-6-9-18(10-7-15)30-22-11-8-16(13-21(22)27(28)29)12-17(14-24)23-25-19-4-2-3-5-20(19)26-23/h2-13H,1H3,(H,25,26)/b17-12-.